The lowest BCUT2D eigenvalue weighted by atomic mass is 9.91. The van der Waals surface area contributed by atoms with Crippen molar-refractivity contribution in [3.8, 4) is 22.9 Å². The zero-order chi connectivity index (χ0) is 33.6. The van der Waals surface area contributed by atoms with Crippen molar-refractivity contribution in [1.29, 1.82) is 0 Å². The number of fused-ring (bicyclic) bond motifs is 6. The molecule has 50 heavy (non-hydrogen) atoms. The van der Waals surface area contributed by atoms with Gasteiger partial charge in [-0.1, -0.05) is 97.8 Å². The smallest absolute Gasteiger partial charge is 0.148 e. The topological polar surface area (TPSA) is 75.0 Å². The van der Waals surface area contributed by atoms with Crippen LogP contribution in [0, 0.1) is 0 Å². The molecule has 2 aromatic heterocycles. The van der Waals surface area contributed by atoms with Crippen LogP contribution in [0.1, 0.15) is 36.8 Å². The van der Waals surface area contributed by atoms with E-state index in [0.29, 0.717) is 11.1 Å². The SMILES string of the molecule is Oc1c(/C=N/C2CCCCC2/N=C/c2cccc(-n3c4ccccc4c4ccccc43)c2O)cccc1-n1c2ccccc2c2ccccc21. The third-order valence-corrected chi connectivity index (χ3v) is 10.2. The van der Waals surface area contributed by atoms with E-state index in [1.165, 1.54) is 0 Å². The van der Waals surface area contributed by atoms with E-state index in [1.54, 1.807) is 0 Å². The Morgan fingerprint density at radius 2 is 0.780 bits per heavy atom. The summed E-state index contributed by atoms with van der Waals surface area (Å²) in [5, 5.41) is 27.8. The van der Waals surface area contributed by atoms with Crippen molar-refractivity contribution < 1.29 is 10.2 Å². The largest absolute Gasteiger partial charge is 0.505 e. The predicted molar refractivity (Wildman–Crippen MR) is 206 cm³/mol. The summed E-state index contributed by atoms with van der Waals surface area (Å²) in [5.74, 6) is 0.399. The Hall–Kier alpha value is -6.14. The van der Waals surface area contributed by atoms with Gasteiger partial charge in [-0.3, -0.25) is 9.98 Å². The Bertz CT molecular complexity index is 2320. The lowest BCUT2D eigenvalue weighted by Crippen LogP contribution is -2.27. The number of phenolic OH excluding ortho intramolecular Hbond substituents is 2. The number of hydrogen-bond acceptors (Lipinski definition) is 4. The van der Waals surface area contributed by atoms with Crippen LogP contribution in [0.15, 0.2) is 143 Å². The maximum absolute atomic E-state index is 11.6. The molecule has 8 aromatic rings. The highest BCUT2D eigenvalue weighted by Gasteiger charge is 2.24. The van der Waals surface area contributed by atoms with E-state index in [0.717, 1.165) is 80.7 Å². The molecule has 1 aliphatic carbocycles. The molecule has 1 saturated carbocycles. The molecule has 6 aromatic carbocycles. The molecular weight excluding hydrogens is 617 g/mol. The Morgan fingerprint density at radius 1 is 0.440 bits per heavy atom. The van der Waals surface area contributed by atoms with Crippen molar-refractivity contribution in [2.45, 2.75) is 37.8 Å². The average molecular weight is 653 g/mol. The lowest BCUT2D eigenvalue weighted by molar-refractivity contribution is 0.390. The van der Waals surface area contributed by atoms with Gasteiger partial charge < -0.3 is 19.3 Å². The van der Waals surface area contributed by atoms with Gasteiger partial charge in [0.15, 0.2) is 0 Å². The predicted octanol–water partition coefficient (Wildman–Crippen LogP) is 10.1. The zero-order valence-corrected chi connectivity index (χ0v) is 27.5. The molecular formula is C44H36N4O2. The van der Waals surface area contributed by atoms with Crippen LogP contribution >= 0.6 is 0 Å². The van der Waals surface area contributed by atoms with Gasteiger partial charge in [0.05, 0.1) is 45.5 Å². The van der Waals surface area contributed by atoms with Crippen molar-refractivity contribution in [1.82, 2.24) is 9.13 Å². The summed E-state index contributed by atoms with van der Waals surface area (Å²) in [6.07, 6.45) is 7.61. The number of phenols is 2. The molecule has 9 rings (SSSR count). The second-order valence-electron chi connectivity index (χ2n) is 13.1. The van der Waals surface area contributed by atoms with Gasteiger partial charge in [0.2, 0.25) is 0 Å². The molecule has 6 heteroatoms. The molecule has 1 fully saturated rings. The van der Waals surface area contributed by atoms with Crippen LogP contribution in [0.4, 0.5) is 0 Å². The standard InChI is InChI=1S/C44H36N4O2/c49-43-29(13-11-25-41(43)47-37-21-7-1-15-31(37)32-16-2-8-22-38(32)47)27-45-35-19-5-6-20-36(35)46-28-30-14-12-26-42(44(30)50)48-39-23-9-3-17-33(39)34-18-4-10-24-40(34)48/h1-4,7-18,21-28,35-36,49-50H,5-6,19-20H2/b45-27+,46-28+. The number of hydrogen-bond donors (Lipinski definition) is 2. The van der Waals surface area contributed by atoms with Crippen molar-refractivity contribution in [3.05, 3.63) is 145 Å². The Labute approximate surface area is 289 Å². The van der Waals surface area contributed by atoms with Crippen LogP contribution in [-0.4, -0.2) is 43.9 Å². The highest BCUT2D eigenvalue weighted by atomic mass is 16.3. The molecule has 1 aliphatic rings. The van der Waals surface area contributed by atoms with E-state index < -0.39 is 0 Å². The normalized spacial score (nSPS) is 16.9. The number of benzene rings is 6. The second-order valence-corrected chi connectivity index (χ2v) is 13.1. The Balaban J connectivity index is 1.03. The van der Waals surface area contributed by atoms with Gasteiger partial charge in [0.25, 0.3) is 0 Å². The fraction of sp³-hybridized carbons (Fsp3) is 0.136. The molecule has 6 nitrogen and oxygen atoms in total. The van der Waals surface area contributed by atoms with Crippen molar-refractivity contribution >= 4 is 56.0 Å². The van der Waals surface area contributed by atoms with E-state index in [4.69, 9.17) is 9.98 Å². The van der Waals surface area contributed by atoms with E-state index in [2.05, 4.69) is 81.9 Å². The molecule has 2 heterocycles. The Morgan fingerprint density at radius 3 is 1.14 bits per heavy atom. The van der Waals surface area contributed by atoms with Gasteiger partial charge in [-0.15, -0.1) is 0 Å². The molecule has 244 valence electrons. The number of para-hydroxylation sites is 6. The first-order valence-corrected chi connectivity index (χ1v) is 17.3. The fourth-order valence-electron chi connectivity index (χ4n) is 7.82. The number of aromatic hydroxyl groups is 2. The first kappa shape index (κ1) is 30.0. The summed E-state index contributed by atoms with van der Waals surface area (Å²) < 4.78 is 4.26. The number of rotatable bonds is 6. The summed E-state index contributed by atoms with van der Waals surface area (Å²) in [4.78, 5) is 10.1. The summed E-state index contributed by atoms with van der Waals surface area (Å²) in [5.41, 5.74) is 6.99. The van der Waals surface area contributed by atoms with Crippen molar-refractivity contribution in [3.63, 3.8) is 0 Å². The summed E-state index contributed by atoms with van der Waals surface area (Å²) in [7, 11) is 0. The van der Waals surface area contributed by atoms with Crippen LogP contribution in [0.3, 0.4) is 0 Å². The minimum Gasteiger partial charge on any atom is -0.505 e. The molecule has 2 atom stereocenters. The van der Waals surface area contributed by atoms with Crippen LogP contribution < -0.4 is 0 Å². The van der Waals surface area contributed by atoms with Crippen molar-refractivity contribution in [2.75, 3.05) is 0 Å². The second kappa shape index (κ2) is 12.4. The third-order valence-electron chi connectivity index (χ3n) is 10.2. The van der Waals surface area contributed by atoms with Gasteiger partial charge in [-0.05, 0) is 61.4 Å². The van der Waals surface area contributed by atoms with E-state index in [-0.39, 0.29) is 23.6 Å². The molecule has 2 unspecified atom stereocenters. The lowest BCUT2D eigenvalue weighted by Gasteiger charge is -2.25. The summed E-state index contributed by atoms with van der Waals surface area (Å²) in [6.45, 7) is 0. The van der Waals surface area contributed by atoms with Gasteiger partial charge >= 0.3 is 0 Å². The van der Waals surface area contributed by atoms with Crippen LogP contribution in [0.5, 0.6) is 11.5 Å². The quantitative estimate of drug-likeness (QED) is 0.175. The Kier molecular flexibility index (Phi) is 7.42. The highest BCUT2D eigenvalue weighted by molar-refractivity contribution is 6.10. The molecule has 0 saturated heterocycles. The minimum atomic E-state index is -0.0287. The number of aliphatic imine (C=N–C) groups is 2. The van der Waals surface area contributed by atoms with Gasteiger partial charge in [-0.2, -0.15) is 0 Å². The minimum absolute atomic E-state index is 0.0287. The summed E-state index contributed by atoms with van der Waals surface area (Å²) in [6, 6.07) is 44.8. The first-order valence-electron chi connectivity index (χ1n) is 17.3. The molecule has 0 spiro atoms. The average Bonchev–Trinajstić information content (AvgIpc) is 3.67. The number of nitrogens with zero attached hydrogens (tertiary/aromatic N) is 4. The van der Waals surface area contributed by atoms with E-state index in [9.17, 15) is 10.2 Å². The summed E-state index contributed by atoms with van der Waals surface area (Å²) >= 11 is 0. The fourth-order valence-corrected chi connectivity index (χ4v) is 7.82. The zero-order valence-electron chi connectivity index (χ0n) is 27.5. The molecule has 0 amide bonds. The first-order chi connectivity index (χ1) is 24.7. The van der Waals surface area contributed by atoms with Crippen LogP contribution in [0.25, 0.3) is 55.0 Å². The van der Waals surface area contributed by atoms with Crippen molar-refractivity contribution in [2.24, 2.45) is 9.98 Å². The molecule has 0 aliphatic heterocycles. The number of aromatic nitrogens is 2. The molecule has 0 bridgehead atoms. The third kappa shape index (κ3) is 4.95. The van der Waals surface area contributed by atoms with Crippen LogP contribution in [-0.2, 0) is 0 Å². The van der Waals surface area contributed by atoms with E-state index in [1.807, 2.05) is 73.1 Å². The van der Waals surface area contributed by atoms with Crippen LogP contribution in [0.2, 0.25) is 0 Å². The van der Waals surface area contributed by atoms with Gasteiger partial charge in [0.1, 0.15) is 11.5 Å². The maximum Gasteiger partial charge on any atom is 0.148 e. The molecule has 0 radical (unpaired) electrons. The monoisotopic (exact) mass is 652 g/mol. The highest BCUT2D eigenvalue weighted by Crippen LogP contribution is 2.38. The maximum atomic E-state index is 11.6. The molecule has 2 N–H and O–H groups in total. The van der Waals surface area contributed by atoms with Gasteiger partial charge in [0, 0.05) is 45.1 Å². The van der Waals surface area contributed by atoms with E-state index >= 15 is 0 Å². The van der Waals surface area contributed by atoms with Gasteiger partial charge in [-0.25, -0.2) is 0 Å².